The topological polar surface area (TPSA) is 68.2 Å². The molecular weight excluding hydrogens is 311 g/mol. The van der Waals surface area contributed by atoms with Crippen molar-refractivity contribution in [3.8, 4) is 0 Å². The van der Waals surface area contributed by atoms with Crippen molar-refractivity contribution in [2.45, 2.75) is 31.9 Å². The average molecular weight is 332 g/mol. The van der Waals surface area contributed by atoms with Gasteiger partial charge in [-0.1, -0.05) is 0 Å². The Kier molecular flexibility index (Phi) is 5.10. The predicted molar refractivity (Wildman–Crippen MR) is 89.4 cm³/mol. The predicted octanol–water partition coefficient (Wildman–Crippen LogP) is 2.81. The average Bonchev–Trinajstić information content (AvgIpc) is 3.27. The third kappa shape index (κ3) is 3.91. The zero-order valence-corrected chi connectivity index (χ0v) is 13.5. The van der Waals surface area contributed by atoms with E-state index < -0.39 is 11.9 Å². The van der Waals surface area contributed by atoms with Crippen LogP contribution in [0.1, 0.15) is 25.8 Å². The summed E-state index contributed by atoms with van der Waals surface area (Å²) in [7, 11) is 0. The molecule has 24 heavy (non-hydrogen) atoms. The second-order valence-corrected chi connectivity index (χ2v) is 5.86. The SMILES string of the molecule is C[C@H](C(=O)Nc1ccc(NC[C@H]2CCCO2)c(F)c1)n1cccn1. The molecule has 0 saturated carbocycles. The monoisotopic (exact) mass is 332 g/mol. The summed E-state index contributed by atoms with van der Waals surface area (Å²) in [5.41, 5.74) is 0.822. The lowest BCUT2D eigenvalue weighted by atomic mass is 10.2. The summed E-state index contributed by atoms with van der Waals surface area (Å²) in [6.45, 7) is 3.09. The molecule has 1 aliphatic rings. The molecule has 2 N–H and O–H groups in total. The summed E-state index contributed by atoms with van der Waals surface area (Å²) in [6.07, 6.45) is 5.50. The van der Waals surface area contributed by atoms with E-state index in [0.717, 1.165) is 19.4 Å². The molecule has 1 fully saturated rings. The number of benzene rings is 1. The molecule has 1 aromatic carbocycles. The van der Waals surface area contributed by atoms with Gasteiger partial charge in [0.15, 0.2) is 0 Å². The van der Waals surface area contributed by atoms with Crippen molar-refractivity contribution >= 4 is 17.3 Å². The van der Waals surface area contributed by atoms with Gasteiger partial charge in [-0.15, -0.1) is 0 Å². The molecule has 2 atom stereocenters. The van der Waals surface area contributed by atoms with Gasteiger partial charge in [0.25, 0.3) is 0 Å². The highest BCUT2D eigenvalue weighted by atomic mass is 19.1. The number of halogens is 1. The summed E-state index contributed by atoms with van der Waals surface area (Å²) in [5, 5.41) is 9.79. The van der Waals surface area contributed by atoms with E-state index in [2.05, 4.69) is 15.7 Å². The summed E-state index contributed by atoms with van der Waals surface area (Å²) in [6, 6.07) is 5.89. The molecule has 2 heterocycles. The maximum atomic E-state index is 14.2. The van der Waals surface area contributed by atoms with Gasteiger partial charge in [-0.05, 0) is 44.0 Å². The Morgan fingerprint density at radius 3 is 3.08 bits per heavy atom. The van der Waals surface area contributed by atoms with Crippen LogP contribution >= 0.6 is 0 Å². The Morgan fingerprint density at radius 1 is 1.54 bits per heavy atom. The third-order valence-corrected chi connectivity index (χ3v) is 4.08. The maximum absolute atomic E-state index is 14.2. The van der Waals surface area contributed by atoms with Crippen molar-refractivity contribution in [1.82, 2.24) is 9.78 Å². The molecule has 1 amide bonds. The van der Waals surface area contributed by atoms with Crippen LogP contribution < -0.4 is 10.6 Å². The van der Waals surface area contributed by atoms with Crippen LogP contribution in [0.3, 0.4) is 0 Å². The normalized spacial score (nSPS) is 18.3. The maximum Gasteiger partial charge on any atom is 0.248 e. The van der Waals surface area contributed by atoms with Gasteiger partial charge in [0, 0.05) is 31.2 Å². The first-order valence-corrected chi connectivity index (χ1v) is 8.08. The van der Waals surface area contributed by atoms with Crippen LogP contribution in [-0.2, 0) is 9.53 Å². The number of anilines is 2. The Labute approximate surface area is 140 Å². The van der Waals surface area contributed by atoms with Gasteiger partial charge in [-0.2, -0.15) is 5.10 Å². The Morgan fingerprint density at radius 2 is 2.42 bits per heavy atom. The van der Waals surface area contributed by atoms with Gasteiger partial charge in [0.2, 0.25) is 5.91 Å². The van der Waals surface area contributed by atoms with Gasteiger partial charge in [0.1, 0.15) is 11.9 Å². The van der Waals surface area contributed by atoms with Gasteiger partial charge >= 0.3 is 0 Å². The number of amides is 1. The van der Waals surface area contributed by atoms with E-state index in [1.807, 2.05) is 0 Å². The van der Waals surface area contributed by atoms with Crippen molar-refractivity contribution in [3.63, 3.8) is 0 Å². The number of ether oxygens (including phenoxy) is 1. The van der Waals surface area contributed by atoms with Crippen LogP contribution in [0.15, 0.2) is 36.7 Å². The summed E-state index contributed by atoms with van der Waals surface area (Å²) in [4.78, 5) is 12.2. The quantitative estimate of drug-likeness (QED) is 0.853. The first kappa shape index (κ1) is 16.4. The van der Waals surface area contributed by atoms with E-state index in [0.29, 0.717) is 17.9 Å². The van der Waals surface area contributed by atoms with E-state index in [1.54, 1.807) is 42.2 Å². The third-order valence-electron chi connectivity index (χ3n) is 4.08. The van der Waals surface area contributed by atoms with E-state index >= 15 is 0 Å². The summed E-state index contributed by atoms with van der Waals surface area (Å²) < 4.78 is 21.2. The van der Waals surface area contributed by atoms with Crippen LogP contribution in [0.5, 0.6) is 0 Å². The standard InChI is InChI=1S/C17H21FN4O2/c1-12(22-8-3-7-20-22)17(23)21-13-5-6-16(15(18)10-13)19-11-14-4-2-9-24-14/h3,5-8,10,12,14,19H,2,4,9,11H2,1H3,(H,21,23)/t12-,14-/m1/s1. The van der Waals surface area contributed by atoms with Crippen molar-refractivity contribution in [2.24, 2.45) is 0 Å². The Balaban J connectivity index is 1.58. The number of rotatable bonds is 6. The number of hydrogen-bond donors (Lipinski definition) is 2. The van der Waals surface area contributed by atoms with E-state index in [9.17, 15) is 9.18 Å². The number of carbonyl (C=O) groups excluding carboxylic acids is 1. The number of nitrogens with zero attached hydrogens (tertiary/aromatic N) is 2. The lowest BCUT2D eigenvalue weighted by Crippen LogP contribution is -2.24. The minimum Gasteiger partial charge on any atom is -0.380 e. The summed E-state index contributed by atoms with van der Waals surface area (Å²) in [5.74, 6) is -0.657. The first-order chi connectivity index (χ1) is 11.6. The van der Waals surface area contributed by atoms with Gasteiger partial charge < -0.3 is 15.4 Å². The molecule has 128 valence electrons. The van der Waals surface area contributed by atoms with E-state index in [-0.39, 0.29) is 12.0 Å². The molecule has 0 unspecified atom stereocenters. The van der Waals surface area contributed by atoms with Crippen molar-refractivity contribution in [1.29, 1.82) is 0 Å². The molecule has 0 aliphatic carbocycles. The van der Waals surface area contributed by atoms with Crippen molar-refractivity contribution in [3.05, 3.63) is 42.5 Å². The van der Waals surface area contributed by atoms with Crippen LogP contribution in [0.4, 0.5) is 15.8 Å². The fraction of sp³-hybridized carbons (Fsp3) is 0.412. The molecule has 6 nitrogen and oxygen atoms in total. The smallest absolute Gasteiger partial charge is 0.248 e. The minimum atomic E-state index is -0.472. The van der Waals surface area contributed by atoms with Gasteiger partial charge in [-0.3, -0.25) is 9.48 Å². The molecule has 1 aliphatic heterocycles. The largest absolute Gasteiger partial charge is 0.380 e. The zero-order valence-electron chi connectivity index (χ0n) is 13.5. The van der Waals surface area contributed by atoms with Crippen molar-refractivity contribution in [2.75, 3.05) is 23.8 Å². The number of aromatic nitrogens is 2. The lowest BCUT2D eigenvalue weighted by molar-refractivity contribution is -0.119. The molecule has 0 bridgehead atoms. The first-order valence-electron chi connectivity index (χ1n) is 8.08. The second kappa shape index (κ2) is 7.44. The molecule has 0 radical (unpaired) electrons. The summed E-state index contributed by atoms with van der Waals surface area (Å²) >= 11 is 0. The fourth-order valence-corrected chi connectivity index (χ4v) is 2.64. The highest BCUT2D eigenvalue weighted by Gasteiger charge is 2.17. The van der Waals surface area contributed by atoms with Crippen LogP contribution in [0.2, 0.25) is 0 Å². The highest BCUT2D eigenvalue weighted by Crippen LogP contribution is 2.21. The minimum absolute atomic E-state index is 0.138. The van der Waals surface area contributed by atoms with Crippen molar-refractivity contribution < 1.29 is 13.9 Å². The molecule has 1 saturated heterocycles. The number of hydrogen-bond acceptors (Lipinski definition) is 4. The molecule has 3 rings (SSSR count). The van der Waals surface area contributed by atoms with Gasteiger partial charge in [-0.25, -0.2) is 4.39 Å². The second-order valence-electron chi connectivity index (χ2n) is 5.86. The van der Waals surface area contributed by atoms with Crippen LogP contribution in [0, 0.1) is 5.82 Å². The van der Waals surface area contributed by atoms with Crippen LogP contribution in [-0.4, -0.2) is 34.9 Å². The molecule has 0 spiro atoms. The van der Waals surface area contributed by atoms with Gasteiger partial charge in [0.05, 0.1) is 11.8 Å². The van der Waals surface area contributed by atoms with Crippen LogP contribution in [0.25, 0.3) is 0 Å². The zero-order chi connectivity index (χ0) is 16.9. The Bertz CT molecular complexity index is 684. The van der Waals surface area contributed by atoms with E-state index in [1.165, 1.54) is 6.07 Å². The molecular formula is C17H21FN4O2. The highest BCUT2D eigenvalue weighted by molar-refractivity contribution is 5.93. The molecule has 2 aromatic rings. The lowest BCUT2D eigenvalue weighted by Gasteiger charge is -2.15. The fourth-order valence-electron chi connectivity index (χ4n) is 2.64. The van der Waals surface area contributed by atoms with E-state index in [4.69, 9.17) is 4.74 Å². The Hall–Kier alpha value is -2.41. The number of carbonyl (C=O) groups is 1. The molecule has 7 heteroatoms. The molecule has 1 aromatic heterocycles. The number of nitrogens with one attached hydrogen (secondary N) is 2.